The van der Waals surface area contributed by atoms with Crippen LogP contribution in [0.25, 0.3) is 0 Å². The number of carbonyl (C=O) groups is 2. The highest BCUT2D eigenvalue weighted by atomic mass is 32.2. The standard InChI is InChI=1S/C24H29N3O2S/c28-23(10-7-15-26-13-5-2-6-14-26)25-20-11-12-22-21(18-20)27(16-17-30-22)24(29)19-8-3-1-4-9-19/h1,3-4,8-9,11-12,18H,2,5-7,10,13-17H2,(H,25,28). The highest BCUT2D eigenvalue weighted by Gasteiger charge is 2.24. The second-order valence-corrected chi connectivity index (χ2v) is 9.04. The minimum absolute atomic E-state index is 0.00200. The fourth-order valence-corrected chi connectivity index (χ4v) is 5.09. The van der Waals surface area contributed by atoms with Gasteiger partial charge in [-0.2, -0.15) is 0 Å². The Morgan fingerprint density at radius 1 is 0.967 bits per heavy atom. The molecule has 0 aromatic heterocycles. The van der Waals surface area contributed by atoms with Crippen molar-refractivity contribution in [3.63, 3.8) is 0 Å². The molecular formula is C24H29N3O2S. The molecule has 2 aliphatic rings. The van der Waals surface area contributed by atoms with Crippen LogP contribution in [0.3, 0.4) is 0 Å². The minimum atomic E-state index is 0.00200. The predicted molar refractivity (Wildman–Crippen MR) is 123 cm³/mol. The average molecular weight is 424 g/mol. The lowest BCUT2D eigenvalue weighted by Gasteiger charge is -2.29. The first-order chi connectivity index (χ1) is 14.7. The molecule has 0 radical (unpaired) electrons. The predicted octanol–water partition coefficient (Wildman–Crippen LogP) is 4.64. The Morgan fingerprint density at radius 3 is 2.57 bits per heavy atom. The van der Waals surface area contributed by atoms with E-state index in [0.717, 1.165) is 48.1 Å². The molecule has 2 amide bonds. The van der Waals surface area contributed by atoms with Crippen molar-refractivity contribution in [3.8, 4) is 0 Å². The Bertz CT molecular complexity index is 881. The summed E-state index contributed by atoms with van der Waals surface area (Å²) in [5.74, 6) is 0.909. The molecule has 4 rings (SSSR count). The summed E-state index contributed by atoms with van der Waals surface area (Å²) in [6.07, 6.45) is 5.28. The topological polar surface area (TPSA) is 52.7 Å². The number of carbonyl (C=O) groups excluding carboxylic acids is 2. The molecule has 0 saturated carbocycles. The fourth-order valence-electron chi connectivity index (χ4n) is 4.11. The number of nitrogens with one attached hydrogen (secondary N) is 1. The number of benzene rings is 2. The highest BCUT2D eigenvalue weighted by molar-refractivity contribution is 7.99. The first-order valence-electron chi connectivity index (χ1n) is 10.9. The van der Waals surface area contributed by atoms with Crippen molar-refractivity contribution >= 4 is 35.0 Å². The van der Waals surface area contributed by atoms with Gasteiger partial charge >= 0.3 is 0 Å². The van der Waals surface area contributed by atoms with Crippen LogP contribution in [0.5, 0.6) is 0 Å². The van der Waals surface area contributed by atoms with Gasteiger partial charge in [0.1, 0.15) is 0 Å². The van der Waals surface area contributed by atoms with Gasteiger partial charge in [-0.3, -0.25) is 9.59 Å². The first-order valence-corrected chi connectivity index (χ1v) is 11.9. The number of anilines is 2. The maximum atomic E-state index is 13.0. The quantitative estimate of drug-likeness (QED) is 0.735. The van der Waals surface area contributed by atoms with E-state index in [-0.39, 0.29) is 11.8 Å². The van der Waals surface area contributed by atoms with Crippen molar-refractivity contribution in [1.29, 1.82) is 0 Å². The summed E-state index contributed by atoms with van der Waals surface area (Å²) >= 11 is 1.75. The van der Waals surface area contributed by atoms with Gasteiger partial charge in [0, 0.05) is 34.9 Å². The van der Waals surface area contributed by atoms with Crippen LogP contribution in [0, 0.1) is 0 Å². The van der Waals surface area contributed by atoms with Crippen molar-refractivity contribution in [3.05, 3.63) is 54.1 Å². The van der Waals surface area contributed by atoms with Gasteiger partial charge in [0.2, 0.25) is 5.91 Å². The largest absolute Gasteiger partial charge is 0.326 e. The van der Waals surface area contributed by atoms with E-state index < -0.39 is 0 Å². The first kappa shape index (κ1) is 20.9. The van der Waals surface area contributed by atoms with Crippen molar-refractivity contribution in [2.24, 2.45) is 0 Å². The Kier molecular flexibility index (Phi) is 7.07. The maximum absolute atomic E-state index is 13.0. The number of amides is 2. The van der Waals surface area contributed by atoms with Crippen LogP contribution >= 0.6 is 11.8 Å². The molecule has 2 aromatic rings. The van der Waals surface area contributed by atoms with E-state index in [4.69, 9.17) is 0 Å². The molecule has 2 heterocycles. The molecule has 30 heavy (non-hydrogen) atoms. The third-order valence-electron chi connectivity index (χ3n) is 5.70. The summed E-state index contributed by atoms with van der Waals surface area (Å²) in [4.78, 5) is 30.8. The van der Waals surface area contributed by atoms with Gasteiger partial charge in [-0.25, -0.2) is 0 Å². The molecule has 0 spiro atoms. The number of fused-ring (bicyclic) bond motifs is 1. The molecule has 0 unspecified atom stereocenters. The second-order valence-electron chi connectivity index (χ2n) is 7.91. The third kappa shape index (κ3) is 5.24. The van der Waals surface area contributed by atoms with Crippen LogP contribution in [0.15, 0.2) is 53.4 Å². The molecule has 2 aliphatic heterocycles. The number of likely N-dealkylation sites (tertiary alicyclic amines) is 1. The molecule has 1 saturated heterocycles. The third-order valence-corrected chi connectivity index (χ3v) is 6.74. The summed E-state index contributed by atoms with van der Waals surface area (Å²) in [6, 6.07) is 15.2. The summed E-state index contributed by atoms with van der Waals surface area (Å²) < 4.78 is 0. The van der Waals surface area contributed by atoms with E-state index >= 15 is 0 Å². The number of rotatable bonds is 6. The van der Waals surface area contributed by atoms with Crippen molar-refractivity contribution in [2.75, 3.05) is 42.1 Å². The van der Waals surface area contributed by atoms with Crippen LogP contribution < -0.4 is 10.2 Å². The number of thioether (sulfide) groups is 1. The lowest BCUT2D eigenvalue weighted by molar-refractivity contribution is -0.116. The molecule has 5 nitrogen and oxygen atoms in total. The zero-order valence-electron chi connectivity index (χ0n) is 17.3. The summed E-state index contributed by atoms with van der Waals surface area (Å²) in [7, 11) is 0. The van der Waals surface area contributed by atoms with Crippen molar-refractivity contribution in [2.45, 2.75) is 37.0 Å². The summed E-state index contributed by atoms with van der Waals surface area (Å²) in [5, 5.41) is 3.02. The molecule has 1 N–H and O–H groups in total. The molecule has 158 valence electrons. The fraction of sp³-hybridized carbons (Fsp3) is 0.417. The number of nitrogens with zero attached hydrogens (tertiary/aromatic N) is 2. The Balaban J connectivity index is 1.38. The summed E-state index contributed by atoms with van der Waals surface area (Å²) in [6.45, 7) is 3.98. The van der Waals surface area contributed by atoms with E-state index in [1.165, 1.54) is 19.3 Å². The van der Waals surface area contributed by atoms with Crippen LogP contribution in [-0.2, 0) is 4.79 Å². The van der Waals surface area contributed by atoms with Gasteiger partial charge in [-0.1, -0.05) is 24.6 Å². The van der Waals surface area contributed by atoms with Gasteiger partial charge in [-0.05, 0) is 69.2 Å². The van der Waals surface area contributed by atoms with Crippen LogP contribution in [-0.4, -0.2) is 48.6 Å². The molecule has 0 atom stereocenters. The van der Waals surface area contributed by atoms with E-state index in [9.17, 15) is 9.59 Å². The average Bonchev–Trinajstić information content (AvgIpc) is 2.79. The smallest absolute Gasteiger partial charge is 0.258 e. The van der Waals surface area contributed by atoms with E-state index in [1.807, 2.05) is 53.4 Å². The molecule has 0 bridgehead atoms. The monoisotopic (exact) mass is 423 g/mol. The van der Waals surface area contributed by atoms with E-state index in [1.54, 1.807) is 11.8 Å². The van der Waals surface area contributed by atoms with Crippen LogP contribution in [0.1, 0.15) is 42.5 Å². The van der Waals surface area contributed by atoms with Crippen molar-refractivity contribution < 1.29 is 9.59 Å². The lowest BCUT2D eigenvalue weighted by Crippen LogP contribution is -2.35. The number of hydrogen-bond donors (Lipinski definition) is 1. The van der Waals surface area contributed by atoms with E-state index in [0.29, 0.717) is 18.5 Å². The Morgan fingerprint density at radius 2 is 1.77 bits per heavy atom. The number of piperidine rings is 1. The normalized spacial score (nSPS) is 16.7. The van der Waals surface area contributed by atoms with E-state index in [2.05, 4.69) is 10.2 Å². The van der Waals surface area contributed by atoms with Gasteiger partial charge in [0.25, 0.3) is 5.91 Å². The zero-order chi connectivity index (χ0) is 20.8. The second kappa shape index (κ2) is 10.1. The Hall–Kier alpha value is -2.31. The maximum Gasteiger partial charge on any atom is 0.258 e. The van der Waals surface area contributed by atoms with Gasteiger partial charge < -0.3 is 15.1 Å². The van der Waals surface area contributed by atoms with Gasteiger partial charge in [0.05, 0.1) is 5.69 Å². The van der Waals surface area contributed by atoms with Gasteiger partial charge in [-0.15, -0.1) is 11.8 Å². The lowest BCUT2D eigenvalue weighted by atomic mass is 10.1. The molecule has 1 fully saturated rings. The number of hydrogen-bond acceptors (Lipinski definition) is 4. The molecule has 6 heteroatoms. The van der Waals surface area contributed by atoms with Crippen molar-refractivity contribution in [1.82, 2.24) is 4.90 Å². The van der Waals surface area contributed by atoms with Gasteiger partial charge in [0.15, 0.2) is 0 Å². The zero-order valence-corrected chi connectivity index (χ0v) is 18.1. The molecule has 0 aliphatic carbocycles. The molecule has 2 aromatic carbocycles. The molecular weight excluding hydrogens is 394 g/mol. The Labute approximate surface area is 182 Å². The SMILES string of the molecule is O=C(CCCN1CCCCC1)Nc1ccc2c(c1)N(C(=O)c1ccccc1)CCS2. The van der Waals surface area contributed by atoms with Crippen LogP contribution in [0.2, 0.25) is 0 Å². The minimum Gasteiger partial charge on any atom is -0.326 e. The highest BCUT2D eigenvalue weighted by Crippen LogP contribution is 2.37. The summed E-state index contributed by atoms with van der Waals surface area (Å²) in [5.41, 5.74) is 2.32. The van der Waals surface area contributed by atoms with Crippen LogP contribution in [0.4, 0.5) is 11.4 Å².